The first-order valence-corrected chi connectivity index (χ1v) is 8.46. The van der Waals surface area contributed by atoms with Gasteiger partial charge in [-0.1, -0.05) is 24.1 Å². The van der Waals surface area contributed by atoms with Crippen molar-refractivity contribution in [3.05, 3.63) is 53.2 Å². The number of hydrogen-bond acceptors (Lipinski definition) is 6. The van der Waals surface area contributed by atoms with Gasteiger partial charge in [-0.05, 0) is 31.0 Å². The normalized spacial score (nSPS) is 24.1. The quantitative estimate of drug-likeness (QED) is 0.739. The molecule has 0 amide bonds. The molecule has 4 heterocycles. The molecule has 5 rings (SSSR count). The summed E-state index contributed by atoms with van der Waals surface area (Å²) in [5.74, 6) is 7.58. The molecule has 0 radical (unpaired) electrons. The lowest BCUT2D eigenvalue weighted by Gasteiger charge is -2.33. The summed E-state index contributed by atoms with van der Waals surface area (Å²) in [5.41, 5.74) is 7.43. The highest BCUT2D eigenvalue weighted by Crippen LogP contribution is 2.49. The van der Waals surface area contributed by atoms with Crippen molar-refractivity contribution in [2.24, 2.45) is 16.1 Å². The zero-order valence-electron chi connectivity index (χ0n) is 14.3. The van der Waals surface area contributed by atoms with Crippen molar-refractivity contribution in [3.8, 4) is 23.5 Å². The van der Waals surface area contributed by atoms with Crippen LogP contribution in [0.25, 0.3) is 0 Å². The first-order chi connectivity index (χ1) is 12.6. The summed E-state index contributed by atoms with van der Waals surface area (Å²) in [6, 6.07) is 11.8. The second-order valence-corrected chi connectivity index (χ2v) is 7.05. The third-order valence-corrected chi connectivity index (χ3v) is 4.91. The summed E-state index contributed by atoms with van der Waals surface area (Å²) in [7, 11) is 0. The summed E-state index contributed by atoms with van der Waals surface area (Å²) in [5, 5.41) is 0. The molecule has 0 aliphatic carbocycles. The van der Waals surface area contributed by atoms with Crippen LogP contribution in [0.15, 0.2) is 41.4 Å². The number of fused-ring (bicyclic) bond motifs is 4. The third kappa shape index (κ3) is 2.18. The SMILES string of the molecule is CC1(C#Cc2ccc3c(n2)Oc2ccccc2C32COC(N)=N2)COC1. The van der Waals surface area contributed by atoms with Crippen LogP contribution in [0, 0.1) is 17.3 Å². The van der Waals surface area contributed by atoms with E-state index in [-0.39, 0.29) is 11.4 Å². The van der Waals surface area contributed by atoms with Crippen molar-refractivity contribution in [2.75, 3.05) is 19.8 Å². The van der Waals surface area contributed by atoms with Crippen molar-refractivity contribution in [1.29, 1.82) is 0 Å². The molecule has 3 aliphatic rings. The Hall–Kier alpha value is -3.04. The van der Waals surface area contributed by atoms with Gasteiger partial charge in [-0.25, -0.2) is 9.98 Å². The van der Waals surface area contributed by atoms with E-state index in [1.165, 1.54) is 0 Å². The number of amidine groups is 1. The van der Waals surface area contributed by atoms with Crippen LogP contribution < -0.4 is 10.5 Å². The average Bonchev–Trinajstić information content (AvgIpc) is 3.01. The lowest BCUT2D eigenvalue weighted by Crippen LogP contribution is -2.38. The minimum atomic E-state index is -0.721. The fraction of sp³-hybridized carbons (Fsp3) is 0.300. The fourth-order valence-electron chi connectivity index (χ4n) is 3.45. The molecule has 6 heteroatoms. The largest absolute Gasteiger partial charge is 0.462 e. The molecule has 3 aliphatic heterocycles. The molecule has 1 unspecified atom stereocenters. The fourth-order valence-corrected chi connectivity index (χ4v) is 3.45. The number of aromatic nitrogens is 1. The Labute approximate surface area is 151 Å². The van der Waals surface area contributed by atoms with E-state index in [4.69, 9.17) is 19.9 Å². The molecule has 2 aromatic rings. The summed E-state index contributed by atoms with van der Waals surface area (Å²) in [4.78, 5) is 9.21. The number of rotatable bonds is 0. The van der Waals surface area contributed by atoms with Gasteiger partial charge in [-0.3, -0.25) is 0 Å². The van der Waals surface area contributed by atoms with E-state index in [1.807, 2.05) is 36.4 Å². The second-order valence-electron chi connectivity index (χ2n) is 7.05. The van der Waals surface area contributed by atoms with Crippen LogP contribution in [0.5, 0.6) is 11.6 Å². The molecule has 6 nitrogen and oxygen atoms in total. The lowest BCUT2D eigenvalue weighted by atomic mass is 9.82. The Morgan fingerprint density at radius 2 is 1.92 bits per heavy atom. The zero-order chi connectivity index (χ0) is 17.8. The van der Waals surface area contributed by atoms with Gasteiger partial charge in [0, 0.05) is 5.56 Å². The van der Waals surface area contributed by atoms with E-state index >= 15 is 0 Å². The highest BCUT2D eigenvalue weighted by atomic mass is 16.5. The first-order valence-electron chi connectivity index (χ1n) is 8.46. The predicted octanol–water partition coefficient (Wildman–Crippen LogP) is 2.16. The number of aliphatic imine (C=N–C) groups is 1. The van der Waals surface area contributed by atoms with Crippen molar-refractivity contribution in [1.82, 2.24) is 4.98 Å². The Morgan fingerprint density at radius 1 is 1.08 bits per heavy atom. The predicted molar refractivity (Wildman–Crippen MR) is 94.9 cm³/mol. The molecule has 1 fully saturated rings. The number of para-hydroxylation sites is 1. The van der Waals surface area contributed by atoms with Gasteiger partial charge in [0.1, 0.15) is 18.1 Å². The number of benzene rings is 1. The molecule has 1 aromatic heterocycles. The molecule has 1 saturated heterocycles. The van der Waals surface area contributed by atoms with Crippen LogP contribution in [-0.4, -0.2) is 30.8 Å². The molecular weight excluding hydrogens is 330 g/mol. The van der Waals surface area contributed by atoms with Gasteiger partial charge >= 0.3 is 0 Å². The van der Waals surface area contributed by atoms with Crippen LogP contribution in [-0.2, 0) is 15.0 Å². The van der Waals surface area contributed by atoms with Gasteiger partial charge in [-0.2, -0.15) is 0 Å². The highest BCUT2D eigenvalue weighted by Gasteiger charge is 2.47. The van der Waals surface area contributed by atoms with Gasteiger partial charge in [0.15, 0.2) is 5.54 Å². The van der Waals surface area contributed by atoms with Crippen LogP contribution in [0.2, 0.25) is 0 Å². The van der Waals surface area contributed by atoms with Gasteiger partial charge in [-0.15, -0.1) is 0 Å². The topological polar surface area (TPSA) is 79.0 Å². The molecule has 26 heavy (non-hydrogen) atoms. The van der Waals surface area contributed by atoms with Crippen LogP contribution in [0.3, 0.4) is 0 Å². The number of pyridine rings is 1. The van der Waals surface area contributed by atoms with Crippen LogP contribution in [0.4, 0.5) is 0 Å². The summed E-state index contributed by atoms with van der Waals surface area (Å²) in [6.07, 6.45) is 0. The van der Waals surface area contributed by atoms with Gasteiger partial charge in [0.25, 0.3) is 6.02 Å². The van der Waals surface area contributed by atoms with Gasteiger partial charge in [0.2, 0.25) is 5.88 Å². The molecule has 1 spiro atoms. The maximum atomic E-state index is 6.04. The van der Waals surface area contributed by atoms with Crippen LogP contribution in [0.1, 0.15) is 23.7 Å². The summed E-state index contributed by atoms with van der Waals surface area (Å²) < 4.78 is 16.8. The van der Waals surface area contributed by atoms with Gasteiger partial charge in [0.05, 0.1) is 24.2 Å². The second kappa shape index (κ2) is 5.23. The van der Waals surface area contributed by atoms with Crippen molar-refractivity contribution in [3.63, 3.8) is 0 Å². The van der Waals surface area contributed by atoms with Crippen LogP contribution >= 0.6 is 0 Å². The Morgan fingerprint density at radius 3 is 2.65 bits per heavy atom. The molecule has 0 bridgehead atoms. The monoisotopic (exact) mass is 347 g/mol. The molecule has 0 saturated carbocycles. The molecule has 130 valence electrons. The van der Waals surface area contributed by atoms with Crippen molar-refractivity contribution in [2.45, 2.75) is 12.5 Å². The minimum Gasteiger partial charge on any atom is -0.462 e. The lowest BCUT2D eigenvalue weighted by molar-refractivity contribution is -0.0648. The number of nitrogens with zero attached hydrogens (tertiary/aromatic N) is 2. The Kier molecular flexibility index (Phi) is 3.06. The van der Waals surface area contributed by atoms with E-state index in [1.54, 1.807) is 0 Å². The van der Waals surface area contributed by atoms with Gasteiger partial charge < -0.3 is 19.9 Å². The average molecular weight is 347 g/mol. The first kappa shape index (κ1) is 15.2. The van der Waals surface area contributed by atoms with E-state index in [0.29, 0.717) is 37.1 Å². The maximum Gasteiger partial charge on any atom is 0.283 e. The van der Waals surface area contributed by atoms with E-state index in [0.717, 1.165) is 11.1 Å². The Balaban J connectivity index is 1.61. The Bertz CT molecular complexity index is 1000. The maximum absolute atomic E-state index is 6.04. The summed E-state index contributed by atoms with van der Waals surface area (Å²) in [6.45, 7) is 3.72. The zero-order valence-corrected chi connectivity index (χ0v) is 14.3. The number of ether oxygens (including phenoxy) is 3. The molecule has 1 atom stereocenters. The van der Waals surface area contributed by atoms with E-state index in [9.17, 15) is 0 Å². The number of nitrogens with two attached hydrogens (primary N) is 1. The van der Waals surface area contributed by atoms with Crippen molar-refractivity contribution < 1.29 is 14.2 Å². The molecule has 2 N–H and O–H groups in total. The minimum absolute atomic E-state index is 0.0930. The molecular formula is C20H17N3O3. The smallest absolute Gasteiger partial charge is 0.283 e. The standard InChI is InChI=1S/C20H17N3O3/c1-19(10-24-11-19)9-8-13-6-7-15-17(22-13)26-16-5-3-2-4-14(16)20(15)12-25-18(21)23-20/h2-7H,10-12H2,1H3,(H2,21,23). The van der Waals surface area contributed by atoms with E-state index in [2.05, 4.69) is 28.7 Å². The summed E-state index contributed by atoms with van der Waals surface area (Å²) >= 11 is 0. The highest BCUT2D eigenvalue weighted by molar-refractivity contribution is 5.76. The van der Waals surface area contributed by atoms with E-state index < -0.39 is 5.54 Å². The number of hydrogen-bond donors (Lipinski definition) is 1. The van der Waals surface area contributed by atoms with Crippen molar-refractivity contribution >= 4 is 6.02 Å². The molecule has 1 aromatic carbocycles. The third-order valence-electron chi connectivity index (χ3n) is 4.91.